The van der Waals surface area contributed by atoms with E-state index in [9.17, 15) is 4.79 Å². The first-order chi connectivity index (χ1) is 13.7. The van der Waals surface area contributed by atoms with Crippen molar-refractivity contribution in [1.82, 2.24) is 4.98 Å². The molecule has 0 aliphatic carbocycles. The van der Waals surface area contributed by atoms with E-state index >= 15 is 0 Å². The molecule has 1 unspecified atom stereocenters. The molecule has 2 aromatic rings. The Morgan fingerprint density at radius 3 is 2.86 bits per heavy atom. The largest absolute Gasteiger partial charge is 0.487 e. The molecule has 1 aromatic carbocycles. The number of ether oxygens (including phenoxy) is 2. The van der Waals surface area contributed by atoms with Crippen molar-refractivity contribution < 1.29 is 14.3 Å². The number of anilines is 1. The third-order valence-electron chi connectivity index (χ3n) is 5.16. The maximum absolute atomic E-state index is 11.6. The van der Waals surface area contributed by atoms with Crippen molar-refractivity contribution in [3.63, 3.8) is 0 Å². The highest BCUT2D eigenvalue weighted by Crippen LogP contribution is 2.30. The van der Waals surface area contributed by atoms with E-state index in [1.807, 2.05) is 13.1 Å². The highest BCUT2D eigenvalue weighted by Gasteiger charge is 2.25. The molecule has 0 N–H and O–H groups in total. The van der Waals surface area contributed by atoms with Crippen LogP contribution in [-0.4, -0.2) is 30.1 Å². The molecule has 5 heteroatoms. The van der Waals surface area contributed by atoms with Crippen molar-refractivity contribution in [3.8, 4) is 5.75 Å². The lowest BCUT2D eigenvalue weighted by Gasteiger charge is -2.26. The smallest absolute Gasteiger partial charge is 0.305 e. The first-order valence-electron chi connectivity index (χ1n) is 10.2. The predicted molar refractivity (Wildman–Crippen MR) is 111 cm³/mol. The Bertz CT molecular complexity index is 761. The molecular formula is C23H30N2O3. The third kappa shape index (κ3) is 5.72. The molecule has 1 aromatic heterocycles. The van der Waals surface area contributed by atoms with E-state index in [1.165, 1.54) is 12.0 Å². The fraction of sp³-hybridized carbons (Fsp3) is 0.478. The Labute approximate surface area is 167 Å². The highest BCUT2D eigenvalue weighted by molar-refractivity contribution is 5.69. The summed E-state index contributed by atoms with van der Waals surface area (Å²) in [6, 6.07) is 10.9. The molecule has 1 aliphatic heterocycles. The molecule has 1 saturated heterocycles. The standard InChI is InChI=1S/C23H30N2O3/c1-3-27-23(26)8-4-6-20-7-5-13-25(20)21-14-22(16-24-15-21)28-17-19-11-9-18(2)10-12-19/h9-12,14-16,20H,3-8,13,17H2,1-2H3. The molecule has 28 heavy (non-hydrogen) atoms. The van der Waals surface area contributed by atoms with Gasteiger partial charge in [0.2, 0.25) is 0 Å². The van der Waals surface area contributed by atoms with Crippen molar-refractivity contribution in [2.45, 2.75) is 58.6 Å². The van der Waals surface area contributed by atoms with Crippen LogP contribution in [0.15, 0.2) is 42.7 Å². The summed E-state index contributed by atoms with van der Waals surface area (Å²) in [5.41, 5.74) is 3.49. The van der Waals surface area contributed by atoms with E-state index in [-0.39, 0.29) is 5.97 Å². The molecule has 1 atom stereocenters. The number of nitrogens with zero attached hydrogens (tertiary/aromatic N) is 2. The van der Waals surface area contributed by atoms with Gasteiger partial charge in [0, 0.05) is 25.1 Å². The molecule has 0 radical (unpaired) electrons. The Kier molecular flexibility index (Phi) is 7.29. The van der Waals surface area contributed by atoms with Crippen LogP contribution in [0.1, 0.15) is 50.2 Å². The lowest BCUT2D eigenvalue weighted by molar-refractivity contribution is -0.143. The number of hydrogen-bond acceptors (Lipinski definition) is 5. The predicted octanol–water partition coefficient (Wildman–Crippen LogP) is 4.67. The molecule has 0 bridgehead atoms. The zero-order valence-electron chi connectivity index (χ0n) is 16.9. The van der Waals surface area contributed by atoms with Gasteiger partial charge in [-0.15, -0.1) is 0 Å². The monoisotopic (exact) mass is 382 g/mol. The fourth-order valence-corrected chi connectivity index (χ4v) is 3.69. The summed E-state index contributed by atoms with van der Waals surface area (Å²) in [5.74, 6) is 0.690. The summed E-state index contributed by atoms with van der Waals surface area (Å²) in [6.45, 7) is 5.94. The quantitative estimate of drug-likeness (QED) is 0.590. The van der Waals surface area contributed by atoms with Crippen LogP contribution < -0.4 is 9.64 Å². The number of aromatic nitrogens is 1. The number of carbonyl (C=O) groups excluding carboxylic acids is 1. The van der Waals surface area contributed by atoms with Crippen molar-refractivity contribution in [2.75, 3.05) is 18.1 Å². The van der Waals surface area contributed by atoms with Gasteiger partial charge >= 0.3 is 5.97 Å². The van der Waals surface area contributed by atoms with Crippen LogP contribution in [0.2, 0.25) is 0 Å². The van der Waals surface area contributed by atoms with Gasteiger partial charge < -0.3 is 14.4 Å². The van der Waals surface area contributed by atoms with Crippen LogP contribution >= 0.6 is 0 Å². The summed E-state index contributed by atoms with van der Waals surface area (Å²) in [5, 5.41) is 0. The third-order valence-corrected chi connectivity index (χ3v) is 5.16. The normalized spacial score (nSPS) is 16.2. The Hall–Kier alpha value is -2.56. The molecular weight excluding hydrogens is 352 g/mol. The second-order valence-electron chi connectivity index (χ2n) is 7.34. The van der Waals surface area contributed by atoms with Gasteiger partial charge in [0.25, 0.3) is 0 Å². The van der Waals surface area contributed by atoms with Crippen molar-refractivity contribution in [1.29, 1.82) is 0 Å². The number of benzene rings is 1. The number of hydrogen-bond donors (Lipinski definition) is 0. The number of esters is 1. The maximum atomic E-state index is 11.6. The topological polar surface area (TPSA) is 51.7 Å². The first kappa shape index (κ1) is 20.2. The van der Waals surface area contributed by atoms with Crippen molar-refractivity contribution >= 4 is 11.7 Å². The van der Waals surface area contributed by atoms with Gasteiger partial charge in [0.1, 0.15) is 12.4 Å². The molecule has 3 rings (SSSR count). The van der Waals surface area contributed by atoms with Gasteiger partial charge in [0.15, 0.2) is 0 Å². The average Bonchev–Trinajstić information content (AvgIpc) is 3.17. The van der Waals surface area contributed by atoms with E-state index in [4.69, 9.17) is 9.47 Å². The molecule has 2 heterocycles. The molecule has 150 valence electrons. The molecule has 1 fully saturated rings. The minimum atomic E-state index is -0.0970. The molecule has 0 spiro atoms. The second kappa shape index (κ2) is 10.1. The van der Waals surface area contributed by atoms with Gasteiger partial charge in [-0.25, -0.2) is 0 Å². The van der Waals surface area contributed by atoms with E-state index in [0.717, 1.165) is 42.8 Å². The Morgan fingerprint density at radius 1 is 1.25 bits per heavy atom. The van der Waals surface area contributed by atoms with Gasteiger partial charge in [0.05, 0.1) is 24.7 Å². The summed E-state index contributed by atoms with van der Waals surface area (Å²) in [4.78, 5) is 18.3. The van der Waals surface area contributed by atoms with Crippen LogP contribution in [0.25, 0.3) is 0 Å². The SMILES string of the molecule is CCOC(=O)CCCC1CCCN1c1cncc(OCc2ccc(C)cc2)c1. The van der Waals surface area contributed by atoms with Gasteiger partial charge in [-0.2, -0.15) is 0 Å². The van der Waals surface area contributed by atoms with E-state index < -0.39 is 0 Å². The number of carbonyl (C=O) groups is 1. The Morgan fingerprint density at radius 2 is 2.07 bits per heavy atom. The fourth-order valence-electron chi connectivity index (χ4n) is 3.69. The van der Waals surface area contributed by atoms with Crippen LogP contribution in [0.3, 0.4) is 0 Å². The van der Waals surface area contributed by atoms with Crippen molar-refractivity contribution in [3.05, 3.63) is 53.9 Å². The highest BCUT2D eigenvalue weighted by atomic mass is 16.5. The van der Waals surface area contributed by atoms with Crippen LogP contribution in [0.5, 0.6) is 5.75 Å². The van der Waals surface area contributed by atoms with Crippen LogP contribution in [-0.2, 0) is 16.1 Å². The van der Waals surface area contributed by atoms with E-state index in [0.29, 0.717) is 25.7 Å². The summed E-state index contributed by atoms with van der Waals surface area (Å²) in [6.07, 6.45) is 8.34. The molecule has 1 aliphatic rings. The van der Waals surface area contributed by atoms with Crippen LogP contribution in [0, 0.1) is 6.92 Å². The minimum Gasteiger partial charge on any atom is -0.487 e. The number of pyridine rings is 1. The number of rotatable bonds is 9. The first-order valence-corrected chi connectivity index (χ1v) is 10.2. The summed E-state index contributed by atoms with van der Waals surface area (Å²) < 4.78 is 11.0. The molecule has 0 amide bonds. The van der Waals surface area contributed by atoms with Crippen LogP contribution in [0.4, 0.5) is 5.69 Å². The van der Waals surface area contributed by atoms with Gasteiger partial charge in [-0.05, 0) is 45.1 Å². The Balaban J connectivity index is 1.55. The average molecular weight is 383 g/mol. The maximum Gasteiger partial charge on any atom is 0.305 e. The zero-order chi connectivity index (χ0) is 19.8. The van der Waals surface area contributed by atoms with Gasteiger partial charge in [-0.3, -0.25) is 9.78 Å². The molecule has 5 nitrogen and oxygen atoms in total. The number of aryl methyl sites for hydroxylation is 1. The second-order valence-corrected chi connectivity index (χ2v) is 7.34. The zero-order valence-corrected chi connectivity index (χ0v) is 16.9. The van der Waals surface area contributed by atoms with E-state index in [1.54, 1.807) is 6.20 Å². The lowest BCUT2D eigenvalue weighted by Crippen LogP contribution is -2.29. The van der Waals surface area contributed by atoms with Gasteiger partial charge in [-0.1, -0.05) is 29.8 Å². The van der Waals surface area contributed by atoms with Crippen molar-refractivity contribution in [2.24, 2.45) is 0 Å². The summed E-state index contributed by atoms with van der Waals surface area (Å²) in [7, 11) is 0. The van der Waals surface area contributed by atoms with E-state index in [2.05, 4.69) is 47.1 Å². The molecule has 0 saturated carbocycles. The summed E-state index contributed by atoms with van der Waals surface area (Å²) >= 11 is 0. The lowest BCUT2D eigenvalue weighted by atomic mass is 10.1. The minimum absolute atomic E-state index is 0.0970.